The Morgan fingerprint density at radius 1 is 0.833 bits per heavy atom. The molecule has 0 fully saturated rings. The van der Waals surface area contributed by atoms with Gasteiger partial charge in [-0.2, -0.15) is 0 Å². The summed E-state index contributed by atoms with van der Waals surface area (Å²) in [6.45, 7) is 0. The second-order valence-electron chi connectivity index (χ2n) is 5.32. The van der Waals surface area contributed by atoms with E-state index >= 15 is 0 Å². The molecule has 0 saturated heterocycles. The standard InChI is InChI=1S/C19H15N5/c1-2-5-15(6-3-1)17-7-4-8-18(16-13-20-9-11-22-16)24(17)19-14-21-10-12-23-19/h1-14,17H. The molecule has 5 nitrogen and oxygen atoms in total. The molecule has 0 amide bonds. The zero-order valence-corrected chi connectivity index (χ0v) is 12.9. The first kappa shape index (κ1) is 14.3. The van der Waals surface area contributed by atoms with E-state index < -0.39 is 0 Å². The first-order valence-corrected chi connectivity index (χ1v) is 7.68. The molecule has 5 heteroatoms. The molecule has 1 aliphatic heterocycles. The fourth-order valence-corrected chi connectivity index (χ4v) is 2.80. The van der Waals surface area contributed by atoms with Crippen molar-refractivity contribution in [3.05, 3.63) is 97.0 Å². The fraction of sp³-hybridized carbons (Fsp3) is 0.0526. The van der Waals surface area contributed by atoms with Gasteiger partial charge in [0.2, 0.25) is 0 Å². The fourth-order valence-electron chi connectivity index (χ4n) is 2.80. The molecule has 1 unspecified atom stereocenters. The monoisotopic (exact) mass is 313 g/mol. The highest BCUT2D eigenvalue weighted by Crippen LogP contribution is 2.36. The van der Waals surface area contributed by atoms with Crippen molar-refractivity contribution in [1.82, 2.24) is 19.9 Å². The summed E-state index contributed by atoms with van der Waals surface area (Å²) in [4.78, 5) is 19.5. The molecular weight excluding hydrogens is 298 g/mol. The lowest BCUT2D eigenvalue weighted by Crippen LogP contribution is -2.29. The van der Waals surface area contributed by atoms with E-state index in [0.29, 0.717) is 0 Å². The number of nitrogens with zero attached hydrogens (tertiary/aromatic N) is 5. The van der Waals surface area contributed by atoms with E-state index in [1.54, 1.807) is 37.2 Å². The summed E-state index contributed by atoms with van der Waals surface area (Å²) < 4.78 is 0. The molecule has 24 heavy (non-hydrogen) atoms. The molecule has 116 valence electrons. The van der Waals surface area contributed by atoms with Gasteiger partial charge in [0.05, 0.1) is 24.1 Å². The summed E-state index contributed by atoms with van der Waals surface area (Å²) in [5, 5.41) is 0. The van der Waals surface area contributed by atoms with Gasteiger partial charge in [-0.15, -0.1) is 0 Å². The van der Waals surface area contributed by atoms with Crippen molar-refractivity contribution in [1.29, 1.82) is 0 Å². The van der Waals surface area contributed by atoms with Crippen molar-refractivity contribution in [3.63, 3.8) is 0 Å². The Morgan fingerprint density at radius 3 is 2.33 bits per heavy atom. The van der Waals surface area contributed by atoms with Crippen molar-refractivity contribution in [2.24, 2.45) is 0 Å². The zero-order valence-electron chi connectivity index (χ0n) is 12.9. The Balaban J connectivity index is 1.84. The highest BCUT2D eigenvalue weighted by atomic mass is 15.2. The summed E-state index contributed by atoms with van der Waals surface area (Å²) in [5.74, 6) is 0.771. The van der Waals surface area contributed by atoms with Crippen LogP contribution in [-0.4, -0.2) is 19.9 Å². The van der Waals surface area contributed by atoms with Crippen LogP contribution >= 0.6 is 0 Å². The normalized spacial score (nSPS) is 16.8. The second-order valence-corrected chi connectivity index (χ2v) is 5.32. The molecule has 0 spiro atoms. The third-order valence-electron chi connectivity index (χ3n) is 3.85. The lowest BCUT2D eigenvalue weighted by atomic mass is 10.0. The molecule has 0 radical (unpaired) electrons. The van der Waals surface area contributed by atoms with E-state index in [0.717, 1.165) is 17.2 Å². The largest absolute Gasteiger partial charge is 0.312 e. The van der Waals surface area contributed by atoms with Gasteiger partial charge in [0.25, 0.3) is 0 Å². The van der Waals surface area contributed by atoms with E-state index in [1.165, 1.54) is 5.56 Å². The smallest absolute Gasteiger partial charge is 0.152 e. The number of anilines is 1. The number of hydrogen-bond acceptors (Lipinski definition) is 5. The molecule has 1 aromatic carbocycles. The van der Waals surface area contributed by atoms with Crippen LogP contribution in [0.5, 0.6) is 0 Å². The summed E-state index contributed by atoms with van der Waals surface area (Å²) >= 11 is 0. The van der Waals surface area contributed by atoms with Crippen molar-refractivity contribution in [2.75, 3.05) is 4.90 Å². The molecule has 3 aromatic rings. The van der Waals surface area contributed by atoms with Crippen LogP contribution < -0.4 is 4.90 Å². The average Bonchev–Trinajstić information content (AvgIpc) is 2.69. The molecule has 0 saturated carbocycles. The lowest BCUT2D eigenvalue weighted by molar-refractivity contribution is 0.824. The first-order chi connectivity index (χ1) is 11.9. The van der Waals surface area contributed by atoms with Crippen LogP contribution in [-0.2, 0) is 0 Å². The zero-order chi connectivity index (χ0) is 16.2. The lowest BCUT2D eigenvalue weighted by Gasteiger charge is -2.34. The Labute approximate surface area is 140 Å². The minimum absolute atomic E-state index is 0.0184. The van der Waals surface area contributed by atoms with E-state index in [-0.39, 0.29) is 6.04 Å². The van der Waals surface area contributed by atoms with Crippen molar-refractivity contribution in [3.8, 4) is 0 Å². The minimum atomic E-state index is 0.0184. The van der Waals surface area contributed by atoms with Crippen molar-refractivity contribution >= 4 is 11.5 Å². The molecular formula is C19H15N5. The predicted molar refractivity (Wildman–Crippen MR) is 92.8 cm³/mol. The molecule has 2 aromatic heterocycles. The van der Waals surface area contributed by atoms with Gasteiger partial charge in [-0.3, -0.25) is 15.0 Å². The van der Waals surface area contributed by atoms with Crippen LogP contribution in [0.25, 0.3) is 5.70 Å². The van der Waals surface area contributed by atoms with Crippen molar-refractivity contribution < 1.29 is 0 Å². The number of aromatic nitrogens is 4. The number of rotatable bonds is 3. The van der Waals surface area contributed by atoms with Gasteiger partial charge in [0, 0.05) is 24.8 Å². The number of benzene rings is 1. The first-order valence-electron chi connectivity index (χ1n) is 7.68. The Kier molecular flexibility index (Phi) is 3.81. The summed E-state index contributed by atoms with van der Waals surface area (Å²) in [6.07, 6.45) is 16.5. The highest BCUT2D eigenvalue weighted by molar-refractivity contribution is 5.79. The molecule has 0 aliphatic carbocycles. The maximum Gasteiger partial charge on any atom is 0.152 e. The molecule has 1 aliphatic rings. The summed E-state index contributed by atoms with van der Waals surface area (Å²) in [6, 6.07) is 10.3. The van der Waals surface area contributed by atoms with Crippen LogP contribution in [0.4, 0.5) is 5.82 Å². The maximum atomic E-state index is 4.49. The number of allylic oxidation sites excluding steroid dienone is 2. The maximum absolute atomic E-state index is 4.49. The van der Waals surface area contributed by atoms with Gasteiger partial charge in [-0.25, -0.2) is 4.98 Å². The molecule has 0 N–H and O–H groups in total. The molecule has 3 heterocycles. The van der Waals surface area contributed by atoms with Crippen LogP contribution in [0.3, 0.4) is 0 Å². The third kappa shape index (κ3) is 2.67. The number of hydrogen-bond donors (Lipinski definition) is 0. The van der Waals surface area contributed by atoms with Crippen molar-refractivity contribution in [2.45, 2.75) is 6.04 Å². The molecule has 0 bridgehead atoms. The van der Waals surface area contributed by atoms with Crippen LogP contribution in [0.2, 0.25) is 0 Å². The quantitative estimate of drug-likeness (QED) is 0.741. The second kappa shape index (κ2) is 6.42. The van der Waals surface area contributed by atoms with Crippen LogP contribution in [0, 0.1) is 0 Å². The Bertz CT molecular complexity index is 860. The van der Waals surface area contributed by atoms with Gasteiger partial charge < -0.3 is 4.90 Å². The van der Waals surface area contributed by atoms with Crippen LogP contribution in [0.15, 0.2) is 85.7 Å². The molecule has 4 rings (SSSR count). The average molecular weight is 313 g/mol. The van der Waals surface area contributed by atoms with E-state index in [4.69, 9.17) is 0 Å². The van der Waals surface area contributed by atoms with Gasteiger partial charge in [-0.05, 0) is 11.6 Å². The van der Waals surface area contributed by atoms with Gasteiger partial charge in [0.1, 0.15) is 5.69 Å². The van der Waals surface area contributed by atoms with Gasteiger partial charge in [-0.1, -0.05) is 42.5 Å². The minimum Gasteiger partial charge on any atom is -0.312 e. The SMILES string of the molecule is C1=CC(c2ccccc2)N(c2cnccn2)C(c2cnccn2)=C1. The Hall–Kier alpha value is -3.34. The Morgan fingerprint density at radius 2 is 1.62 bits per heavy atom. The topological polar surface area (TPSA) is 54.8 Å². The third-order valence-corrected chi connectivity index (χ3v) is 3.85. The van der Waals surface area contributed by atoms with Gasteiger partial charge in [0.15, 0.2) is 5.82 Å². The molecule has 1 atom stereocenters. The van der Waals surface area contributed by atoms with E-state index in [9.17, 15) is 0 Å². The van der Waals surface area contributed by atoms with E-state index in [1.807, 2.05) is 24.3 Å². The predicted octanol–water partition coefficient (Wildman–Crippen LogP) is 3.43. The summed E-state index contributed by atoms with van der Waals surface area (Å²) in [7, 11) is 0. The summed E-state index contributed by atoms with van der Waals surface area (Å²) in [5.41, 5.74) is 2.92. The van der Waals surface area contributed by atoms with E-state index in [2.05, 4.69) is 49.1 Å². The van der Waals surface area contributed by atoms with Gasteiger partial charge >= 0.3 is 0 Å². The van der Waals surface area contributed by atoms with Crippen LogP contribution in [0.1, 0.15) is 17.3 Å². The highest BCUT2D eigenvalue weighted by Gasteiger charge is 2.26.